The van der Waals surface area contributed by atoms with Gasteiger partial charge in [-0.3, -0.25) is 4.79 Å². The zero-order valence-electron chi connectivity index (χ0n) is 14.1. The Balaban J connectivity index is 1.97. The molecule has 0 aliphatic heterocycles. The molecule has 0 bridgehead atoms. The molecule has 0 unspecified atom stereocenters. The molecule has 0 aromatic heterocycles. The maximum Gasteiger partial charge on any atom is 0.220 e. The Kier molecular flexibility index (Phi) is 6.18. The van der Waals surface area contributed by atoms with Crippen LogP contribution in [0.5, 0.6) is 11.5 Å². The summed E-state index contributed by atoms with van der Waals surface area (Å²) in [6, 6.07) is 11.5. The number of amides is 1. The molecule has 0 aliphatic rings. The third kappa shape index (κ3) is 4.47. The van der Waals surface area contributed by atoms with E-state index >= 15 is 0 Å². The van der Waals surface area contributed by atoms with Crippen LogP contribution in [0.15, 0.2) is 42.5 Å². The van der Waals surface area contributed by atoms with Crippen molar-refractivity contribution in [2.45, 2.75) is 25.8 Å². The predicted octanol–water partition coefficient (Wildman–Crippen LogP) is 3.65. The van der Waals surface area contributed by atoms with E-state index in [0.29, 0.717) is 24.3 Å². The smallest absolute Gasteiger partial charge is 0.220 e. The van der Waals surface area contributed by atoms with Gasteiger partial charge in [0.05, 0.1) is 20.3 Å². The van der Waals surface area contributed by atoms with E-state index in [1.807, 2.05) is 25.1 Å². The van der Waals surface area contributed by atoms with Crippen LogP contribution in [0.4, 0.5) is 4.39 Å². The highest BCUT2D eigenvalue weighted by Crippen LogP contribution is 2.29. The zero-order valence-corrected chi connectivity index (χ0v) is 14.1. The molecule has 1 amide bonds. The van der Waals surface area contributed by atoms with Crippen LogP contribution >= 0.6 is 0 Å². The van der Waals surface area contributed by atoms with E-state index in [4.69, 9.17) is 9.47 Å². The van der Waals surface area contributed by atoms with Gasteiger partial charge in [0.2, 0.25) is 5.91 Å². The molecule has 128 valence electrons. The summed E-state index contributed by atoms with van der Waals surface area (Å²) in [6.45, 7) is 1.87. The molecule has 0 aliphatic carbocycles. The normalized spacial score (nSPS) is 11.7. The molecule has 0 fully saturated rings. The average Bonchev–Trinajstić information content (AvgIpc) is 2.59. The van der Waals surface area contributed by atoms with Crippen molar-refractivity contribution < 1.29 is 18.7 Å². The molecule has 24 heavy (non-hydrogen) atoms. The molecule has 0 spiro atoms. The Morgan fingerprint density at radius 3 is 2.21 bits per heavy atom. The Morgan fingerprint density at radius 2 is 1.67 bits per heavy atom. The number of methoxy groups -OCH3 is 2. The molecule has 2 aromatic rings. The fourth-order valence-corrected chi connectivity index (χ4v) is 2.56. The van der Waals surface area contributed by atoms with E-state index in [1.54, 1.807) is 26.4 Å². The molecule has 1 N–H and O–H groups in total. The molecule has 5 heteroatoms. The molecule has 2 rings (SSSR count). The number of rotatable bonds is 7. The van der Waals surface area contributed by atoms with Crippen molar-refractivity contribution >= 4 is 5.91 Å². The van der Waals surface area contributed by atoms with Crippen molar-refractivity contribution in [2.75, 3.05) is 14.2 Å². The van der Waals surface area contributed by atoms with E-state index in [1.165, 1.54) is 12.1 Å². The number of carbonyl (C=O) groups excluding carboxylic acids is 1. The molecular formula is C19H22FNO3. The minimum atomic E-state index is -0.291. The van der Waals surface area contributed by atoms with Crippen LogP contribution in [0.3, 0.4) is 0 Å². The molecule has 4 nitrogen and oxygen atoms in total. The van der Waals surface area contributed by atoms with Gasteiger partial charge in [0.15, 0.2) is 0 Å². The highest BCUT2D eigenvalue weighted by Gasteiger charge is 2.14. The van der Waals surface area contributed by atoms with E-state index in [0.717, 1.165) is 11.1 Å². The summed E-state index contributed by atoms with van der Waals surface area (Å²) >= 11 is 0. The summed E-state index contributed by atoms with van der Waals surface area (Å²) in [7, 11) is 3.18. The topological polar surface area (TPSA) is 47.6 Å². The minimum absolute atomic E-state index is 0.0835. The number of hydrogen-bond acceptors (Lipinski definition) is 3. The monoisotopic (exact) mass is 331 g/mol. The minimum Gasteiger partial charge on any atom is -0.496 e. The number of halogens is 1. The lowest BCUT2D eigenvalue weighted by Gasteiger charge is -2.16. The maximum absolute atomic E-state index is 13.0. The highest BCUT2D eigenvalue weighted by molar-refractivity contribution is 5.77. The molecule has 0 saturated heterocycles. The van der Waals surface area contributed by atoms with Crippen molar-refractivity contribution in [3.8, 4) is 11.5 Å². The molecule has 0 heterocycles. The van der Waals surface area contributed by atoms with Crippen molar-refractivity contribution in [3.05, 3.63) is 59.4 Å². The second-order valence-corrected chi connectivity index (χ2v) is 5.48. The summed E-state index contributed by atoms with van der Waals surface area (Å²) < 4.78 is 23.6. The van der Waals surface area contributed by atoms with E-state index in [2.05, 4.69) is 5.32 Å². The molecule has 2 aromatic carbocycles. The number of nitrogens with one attached hydrogen (secondary N) is 1. The SMILES string of the molecule is COc1cccc(OC)c1CCC(=O)N[C@@H](C)c1ccc(F)cc1. The average molecular weight is 331 g/mol. The van der Waals surface area contributed by atoms with Gasteiger partial charge in [-0.15, -0.1) is 0 Å². The van der Waals surface area contributed by atoms with Crippen LogP contribution in [0.2, 0.25) is 0 Å². The molecule has 0 saturated carbocycles. The van der Waals surface area contributed by atoms with Gasteiger partial charge in [-0.25, -0.2) is 4.39 Å². The first-order valence-corrected chi connectivity index (χ1v) is 7.80. The van der Waals surface area contributed by atoms with Gasteiger partial charge >= 0.3 is 0 Å². The Labute approximate surface area is 141 Å². The van der Waals surface area contributed by atoms with E-state index in [9.17, 15) is 9.18 Å². The highest BCUT2D eigenvalue weighted by atomic mass is 19.1. The first kappa shape index (κ1) is 17.8. The van der Waals surface area contributed by atoms with E-state index < -0.39 is 0 Å². The summed E-state index contributed by atoms with van der Waals surface area (Å²) in [4.78, 5) is 12.2. The molecule has 1 atom stereocenters. The van der Waals surface area contributed by atoms with Gasteiger partial charge in [0, 0.05) is 12.0 Å². The quantitative estimate of drug-likeness (QED) is 0.842. The van der Waals surface area contributed by atoms with Crippen LogP contribution in [0, 0.1) is 5.82 Å². The number of ether oxygens (including phenoxy) is 2. The lowest BCUT2D eigenvalue weighted by molar-refractivity contribution is -0.121. The fourth-order valence-electron chi connectivity index (χ4n) is 2.56. The van der Waals surface area contributed by atoms with Gasteiger partial charge in [-0.2, -0.15) is 0 Å². The third-order valence-corrected chi connectivity index (χ3v) is 3.88. The molecule has 0 radical (unpaired) electrons. The van der Waals surface area contributed by atoms with Crippen LogP contribution in [-0.2, 0) is 11.2 Å². The largest absolute Gasteiger partial charge is 0.496 e. The standard InChI is InChI=1S/C19H22FNO3/c1-13(14-7-9-15(20)10-8-14)21-19(22)12-11-16-17(23-2)5-4-6-18(16)24-3/h4-10,13H,11-12H2,1-3H3,(H,21,22)/t13-/m0/s1. The van der Waals surface area contributed by atoms with Crippen LogP contribution in [-0.4, -0.2) is 20.1 Å². The second kappa shape index (κ2) is 8.34. The number of hydrogen-bond donors (Lipinski definition) is 1. The lowest BCUT2D eigenvalue weighted by atomic mass is 10.1. The Bertz CT molecular complexity index is 663. The summed E-state index contributed by atoms with van der Waals surface area (Å²) in [6.07, 6.45) is 0.817. The van der Waals surface area contributed by atoms with Crippen LogP contribution in [0.1, 0.15) is 30.5 Å². The lowest BCUT2D eigenvalue weighted by Crippen LogP contribution is -2.26. The third-order valence-electron chi connectivity index (χ3n) is 3.88. The van der Waals surface area contributed by atoms with E-state index in [-0.39, 0.29) is 17.8 Å². The number of benzene rings is 2. The zero-order chi connectivity index (χ0) is 17.5. The number of carbonyl (C=O) groups is 1. The summed E-state index contributed by atoms with van der Waals surface area (Å²) in [5, 5.41) is 2.92. The van der Waals surface area contributed by atoms with Crippen molar-refractivity contribution in [1.82, 2.24) is 5.32 Å². The van der Waals surface area contributed by atoms with Crippen molar-refractivity contribution in [1.29, 1.82) is 0 Å². The second-order valence-electron chi connectivity index (χ2n) is 5.48. The van der Waals surface area contributed by atoms with Crippen molar-refractivity contribution in [2.24, 2.45) is 0 Å². The summed E-state index contributed by atoms with van der Waals surface area (Å²) in [5.41, 5.74) is 1.73. The van der Waals surface area contributed by atoms with Gasteiger partial charge in [0.25, 0.3) is 0 Å². The Morgan fingerprint density at radius 1 is 1.08 bits per heavy atom. The van der Waals surface area contributed by atoms with Gasteiger partial charge < -0.3 is 14.8 Å². The van der Waals surface area contributed by atoms with Crippen LogP contribution < -0.4 is 14.8 Å². The first-order valence-electron chi connectivity index (χ1n) is 7.80. The first-order chi connectivity index (χ1) is 11.5. The van der Waals surface area contributed by atoms with Gasteiger partial charge in [-0.1, -0.05) is 18.2 Å². The maximum atomic E-state index is 13.0. The van der Waals surface area contributed by atoms with Gasteiger partial charge in [-0.05, 0) is 43.2 Å². The van der Waals surface area contributed by atoms with Crippen LogP contribution in [0.25, 0.3) is 0 Å². The van der Waals surface area contributed by atoms with Gasteiger partial charge in [0.1, 0.15) is 17.3 Å². The molecular weight excluding hydrogens is 309 g/mol. The Hall–Kier alpha value is -2.56. The summed E-state index contributed by atoms with van der Waals surface area (Å²) in [5.74, 6) is 1.03. The fraction of sp³-hybridized carbons (Fsp3) is 0.316. The predicted molar refractivity (Wildman–Crippen MR) is 90.8 cm³/mol. The van der Waals surface area contributed by atoms with Crippen molar-refractivity contribution in [3.63, 3.8) is 0 Å².